The highest BCUT2D eigenvalue weighted by molar-refractivity contribution is 7.89. The second-order valence-corrected chi connectivity index (χ2v) is 10.0. The van der Waals surface area contributed by atoms with Crippen molar-refractivity contribution in [3.05, 3.63) is 70.2 Å². The normalized spacial score (nSPS) is 17.4. The number of hydrogen-bond donors (Lipinski definition) is 1. The first-order valence-corrected chi connectivity index (χ1v) is 11.7. The summed E-state index contributed by atoms with van der Waals surface area (Å²) in [6, 6.07) is 10.3. The number of nitrogens with zero attached hydrogens (tertiary/aromatic N) is 3. The number of halogens is 2. The highest BCUT2D eigenvalue weighted by Gasteiger charge is 2.33. The summed E-state index contributed by atoms with van der Waals surface area (Å²) in [4.78, 5) is 12.3. The van der Waals surface area contributed by atoms with Crippen LogP contribution >= 0.6 is 11.3 Å². The van der Waals surface area contributed by atoms with Crippen LogP contribution in [-0.4, -0.2) is 41.9 Å². The zero-order chi connectivity index (χ0) is 22.0. The Bertz CT molecular complexity index is 1200. The van der Waals surface area contributed by atoms with Gasteiger partial charge in [0.2, 0.25) is 15.0 Å². The van der Waals surface area contributed by atoms with E-state index in [1.807, 2.05) is 0 Å². The molecule has 1 aromatic heterocycles. The molecule has 0 spiro atoms. The molecule has 1 N–H and O–H groups in total. The van der Waals surface area contributed by atoms with Gasteiger partial charge in [0, 0.05) is 24.7 Å². The Kier molecular flexibility index (Phi) is 6.08. The fraction of sp³-hybridized carbons (Fsp3) is 0.250. The number of sulfonamides is 1. The minimum Gasteiger partial charge on any atom is -0.320 e. The number of carbonyl (C=O) groups excluding carboxylic acids is 1. The molecule has 1 aliphatic heterocycles. The van der Waals surface area contributed by atoms with Crippen molar-refractivity contribution in [1.82, 2.24) is 14.5 Å². The zero-order valence-corrected chi connectivity index (χ0v) is 17.8. The van der Waals surface area contributed by atoms with E-state index in [-0.39, 0.29) is 22.4 Å². The van der Waals surface area contributed by atoms with E-state index in [1.54, 1.807) is 0 Å². The van der Waals surface area contributed by atoms with Gasteiger partial charge in [-0.2, -0.15) is 4.31 Å². The average molecular weight is 465 g/mol. The molecule has 31 heavy (non-hydrogen) atoms. The number of nitrogens with one attached hydrogen (secondary N) is 1. The molecule has 1 fully saturated rings. The summed E-state index contributed by atoms with van der Waals surface area (Å²) in [7, 11) is -3.84. The van der Waals surface area contributed by atoms with E-state index in [0.29, 0.717) is 30.1 Å². The summed E-state index contributed by atoms with van der Waals surface area (Å²) in [5.41, 5.74) is 0.424. The van der Waals surface area contributed by atoms with E-state index in [2.05, 4.69) is 15.5 Å². The van der Waals surface area contributed by atoms with Gasteiger partial charge in [-0.05, 0) is 55.3 Å². The average Bonchev–Trinajstić information content (AvgIpc) is 3.26. The Balaban J connectivity index is 1.47. The minimum atomic E-state index is -3.84. The van der Waals surface area contributed by atoms with Crippen LogP contribution in [0, 0.1) is 11.6 Å². The topological polar surface area (TPSA) is 92.3 Å². The van der Waals surface area contributed by atoms with E-state index in [0.717, 1.165) is 17.4 Å². The number of rotatable bonds is 5. The SMILES string of the molecule is O=C(Nc1ccc(F)cc1)c1nnc(C2CCCN(S(=O)(=O)c3cccc(F)c3)C2)s1. The lowest BCUT2D eigenvalue weighted by molar-refractivity contribution is 0.102. The summed E-state index contributed by atoms with van der Waals surface area (Å²) in [5, 5.41) is 11.3. The third-order valence-electron chi connectivity index (χ3n) is 4.90. The van der Waals surface area contributed by atoms with E-state index >= 15 is 0 Å². The molecule has 2 aromatic carbocycles. The molecule has 4 rings (SSSR count). The highest BCUT2D eigenvalue weighted by atomic mass is 32.2. The second kappa shape index (κ2) is 8.77. The largest absolute Gasteiger partial charge is 0.320 e. The van der Waals surface area contributed by atoms with Crippen molar-refractivity contribution < 1.29 is 22.0 Å². The van der Waals surface area contributed by atoms with Crippen LogP contribution in [0.5, 0.6) is 0 Å². The molecule has 7 nitrogen and oxygen atoms in total. The Morgan fingerprint density at radius 3 is 2.61 bits per heavy atom. The molecule has 0 radical (unpaired) electrons. The standard InChI is InChI=1S/C20H18F2N4O3S2/c21-14-6-8-16(9-7-14)23-18(27)20-25-24-19(30-20)13-3-2-10-26(12-13)31(28,29)17-5-1-4-15(22)11-17/h1,4-9,11,13H,2-3,10,12H2,(H,23,27). The maximum Gasteiger partial charge on any atom is 0.286 e. The first kappa shape index (κ1) is 21.5. The van der Waals surface area contributed by atoms with Crippen molar-refractivity contribution in [2.24, 2.45) is 0 Å². The van der Waals surface area contributed by atoms with E-state index in [4.69, 9.17) is 0 Å². The van der Waals surface area contributed by atoms with Gasteiger partial charge in [-0.3, -0.25) is 4.79 Å². The zero-order valence-electron chi connectivity index (χ0n) is 16.2. The number of amides is 1. The maximum absolute atomic E-state index is 13.5. The molecule has 0 aliphatic carbocycles. The summed E-state index contributed by atoms with van der Waals surface area (Å²) in [5.74, 6) is -1.72. The van der Waals surface area contributed by atoms with Gasteiger partial charge in [-0.15, -0.1) is 10.2 Å². The molecule has 3 aromatic rings. The Hall–Kier alpha value is -2.76. The van der Waals surface area contributed by atoms with Crippen LogP contribution in [0.4, 0.5) is 14.5 Å². The summed E-state index contributed by atoms with van der Waals surface area (Å²) in [6.45, 7) is 0.499. The molecule has 11 heteroatoms. The quantitative estimate of drug-likeness (QED) is 0.623. The van der Waals surface area contributed by atoms with Crippen LogP contribution in [0.15, 0.2) is 53.4 Å². The van der Waals surface area contributed by atoms with E-state index < -0.39 is 27.6 Å². The van der Waals surface area contributed by atoms with Crippen molar-refractivity contribution >= 4 is 33.0 Å². The van der Waals surface area contributed by atoms with Gasteiger partial charge in [0.15, 0.2) is 0 Å². The van der Waals surface area contributed by atoms with Crippen molar-refractivity contribution in [3.8, 4) is 0 Å². The van der Waals surface area contributed by atoms with E-state index in [9.17, 15) is 22.0 Å². The van der Waals surface area contributed by atoms with Crippen LogP contribution < -0.4 is 5.32 Å². The number of aromatic nitrogens is 2. The molecule has 1 amide bonds. The number of hydrogen-bond acceptors (Lipinski definition) is 6. The number of benzene rings is 2. The van der Waals surface area contributed by atoms with Gasteiger partial charge < -0.3 is 5.32 Å². The summed E-state index contributed by atoms with van der Waals surface area (Å²) >= 11 is 1.09. The van der Waals surface area contributed by atoms with Crippen molar-refractivity contribution in [1.29, 1.82) is 0 Å². The molecule has 0 saturated carbocycles. The third-order valence-corrected chi connectivity index (χ3v) is 7.85. The van der Waals surface area contributed by atoms with Crippen LogP contribution in [0.25, 0.3) is 0 Å². The molecule has 0 bridgehead atoms. The fourth-order valence-corrected chi connectivity index (χ4v) is 5.77. The molecule has 1 aliphatic rings. The Morgan fingerprint density at radius 2 is 1.87 bits per heavy atom. The van der Waals surface area contributed by atoms with Crippen molar-refractivity contribution in [2.75, 3.05) is 18.4 Å². The molecule has 162 valence electrons. The number of carbonyl (C=O) groups is 1. The van der Waals surface area contributed by atoms with Crippen LogP contribution in [0.2, 0.25) is 0 Å². The molecule has 1 atom stereocenters. The van der Waals surface area contributed by atoms with Gasteiger partial charge >= 0.3 is 0 Å². The minimum absolute atomic E-state index is 0.0928. The van der Waals surface area contributed by atoms with Gasteiger partial charge in [-0.1, -0.05) is 17.4 Å². The smallest absolute Gasteiger partial charge is 0.286 e. The van der Waals surface area contributed by atoms with Gasteiger partial charge in [0.1, 0.15) is 16.6 Å². The first-order chi connectivity index (χ1) is 14.8. The Labute approximate surface area is 181 Å². The molecular weight excluding hydrogens is 446 g/mol. The van der Waals surface area contributed by atoms with Crippen LogP contribution in [-0.2, 0) is 10.0 Å². The molecule has 1 unspecified atom stereocenters. The molecular formula is C20H18F2N4O3S2. The van der Waals surface area contributed by atoms with Crippen LogP contribution in [0.1, 0.15) is 33.6 Å². The second-order valence-electron chi connectivity index (χ2n) is 7.07. The predicted molar refractivity (Wildman–Crippen MR) is 111 cm³/mol. The van der Waals surface area contributed by atoms with Crippen molar-refractivity contribution in [2.45, 2.75) is 23.7 Å². The lowest BCUT2D eigenvalue weighted by atomic mass is 10.0. The van der Waals surface area contributed by atoms with Crippen LogP contribution in [0.3, 0.4) is 0 Å². The summed E-state index contributed by atoms with van der Waals surface area (Å²) in [6.07, 6.45) is 1.30. The lowest BCUT2D eigenvalue weighted by Crippen LogP contribution is -2.39. The maximum atomic E-state index is 13.5. The van der Waals surface area contributed by atoms with E-state index in [1.165, 1.54) is 46.8 Å². The van der Waals surface area contributed by atoms with Gasteiger partial charge in [-0.25, -0.2) is 17.2 Å². The number of anilines is 1. The molecule has 2 heterocycles. The lowest BCUT2D eigenvalue weighted by Gasteiger charge is -2.30. The van der Waals surface area contributed by atoms with Gasteiger partial charge in [0.05, 0.1) is 4.90 Å². The predicted octanol–water partition coefficient (Wildman–Crippen LogP) is 3.64. The van der Waals surface area contributed by atoms with Gasteiger partial charge in [0.25, 0.3) is 5.91 Å². The van der Waals surface area contributed by atoms with Crippen molar-refractivity contribution in [3.63, 3.8) is 0 Å². The molecule has 1 saturated heterocycles. The fourth-order valence-electron chi connectivity index (χ4n) is 3.35. The Morgan fingerprint density at radius 1 is 1.10 bits per heavy atom. The first-order valence-electron chi connectivity index (χ1n) is 9.49. The monoisotopic (exact) mass is 464 g/mol. The highest BCUT2D eigenvalue weighted by Crippen LogP contribution is 2.32. The third kappa shape index (κ3) is 4.78. The summed E-state index contributed by atoms with van der Waals surface area (Å²) < 4.78 is 53.6. The number of piperidine rings is 1.